The van der Waals surface area contributed by atoms with E-state index < -0.39 is 0 Å². The summed E-state index contributed by atoms with van der Waals surface area (Å²) in [7, 11) is 0. The van der Waals surface area contributed by atoms with E-state index in [-0.39, 0.29) is 5.82 Å². The van der Waals surface area contributed by atoms with Crippen LogP contribution >= 0.6 is 23.8 Å². The smallest absolute Gasteiger partial charge is 0.171 e. The van der Waals surface area contributed by atoms with E-state index in [1.807, 2.05) is 30.2 Å². The molecule has 0 bridgehead atoms. The van der Waals surface area contributed by atoms with Crippen molar-refractivity contribution in [2.24, 2.45) is 0 Å². The van der Waals surface area contributed by atoms with E-state index in [9.17, 15) is 4.39 Å². The van der Waals surface area contributed by atoms with Crippen LogP contribution in [0.4, 0.5) is 10.1 Å². The van der Waals surface area contributed by atoms with E-state index in [0.717, 1.165) is 23.4 Å². The maximum Gasteiger partial charge on any atom is 0.171 e. The highest BCUT2D eigenvalue weighted by atomic mass is 35.5. The number of hydrogen-bond acceptors (Lipinski definition) is 3. The van der Waals surface area contributed by atoms with Crippen molar-refractivity contribution in [1.29, 1.82) is 0 Å². The SMILES string of the molecule is CCn1cc(CNC(=S)Nc2cnn(Cc3ccc(F)cc3Cl)c2)cn1. The van der Waals surface area contributed by atoms with Gasteiger partial charge in [-0.1, -0.05) is 17.7 Å². The van der Waals surface area contributed by atoms with Gasteiger partial charge in [-0.2, -0.15) is 10.2 Å². The van der Waals surface area contributed by atoms with Crippen LogP contribution in [-0.4, -0.2) is 24.7 Å². The fourth-order valence-corrected chi connectivity index (χ4v) is 2.78. The summed E-state index contributed by atoms with van der Waals surface area (Å²) in [6.07, 6.45) is 7.26. The number of aromatic nitrogens is 4. The van der Waals surface area contributed by atoms with Crippen molar-refractivity contribution in [1.82, 2.24) is 24.9 Å². The summed E-state index contributed by atoms with van der Waals surface area (Å²) in [4.78, 5) is 0. The second-order valence-corrected chi connectivity index (χ2v) is 6.49. The highest BCUT2D eigenvalue weighted by Gasteiger charge is 2.06. The van der Waals surface area contributed by atoms with Gasteiger partial charge in [0, 0.05) is 36.1 Å². The van der Waals surface area contributed by atoms with Crippen molar-refractivity contribution in [2.45, 2.75) is 26.6 Å². The number of hydrogen-bond donors (Lipinski definition) is 2. The first-order valence-electron chi connectivity index (χ1n) is 8.06. The lowest BCUT2D eigenvalue weighted by atomic mass is 10.2. The van der Waals surface area contributed by atoms with Gasteiger partial charge in [-0.15, -0.1) is 0 Å². The number of rotatable bonds is 6. The molecular formula is C17H18ClFN6S. The minimum absolute atomic E-state index is 0.359. The zero-order valence-electron chi connectivity index (χ0n) is 14.1. The molecular weight excluding hydrogens is 375 g/mol. The Morgan fingerprint density at radius 3 is 2.77 bits per heavy atom. The zero-order chi connectivity index (χ0) is 18.5. The van der Waals surface area contributed by atoms with Crippen LogP contribution in [0.1, 0.15) is 18.1 Å². The first-order valence-corrected chi connectivity index (χ1v) is 8.84. The molecule has 1 aromatic carbocycles. The van der Waals surface area contributed by atoms with Crippen LogP contribution in [0.3, 0.4) is 0 Å². The zero-order valence-corrected chi connectivity index (χ0v) is 15.7. The Morgan fingerprint density at radius 2 is 2.04 bits per heavy atom. The number of aryl methyl sites for hydroxylation is 1. The molecule has 26 heavy (non-hydrogen) atoms. The van der Waals surface area contributed by atoms with Gasteiger partial charge in [0.25, 0.3) is 0 Å². The molecule has 2 aromatic heterocycles. The first-order chi connectivity index (χ1) is 12.5. The molecule has 0 amide bonds. The Morgan fingerprint density at radius 1 is 1.23 bits per heavy atom. The number of thiocarbonyl (C=S) groups is 1. The van der Waals surface area contributed by atoms with Gasteiger partial charge in [0.05, 0.1) is 24.6 Å². The Kier molecular flexibility index (Phi) is 5.85. The predicted molar refractivity (Wildman–Crippen MR) is 104 cm³/mol. The number of nitrogens with one attached hydrogen (secondary N) is 2. The molecule has 0 spiro atoms. The predicted octanol–water partition coefficient (Wildman–Crippen LogP) is 3.43. The molecule has 0 unspecified atom stereocenters. The molecule has 3 aromatic rings. The van der Waals surface area contributed by atoms with Crippen molar-refractivity contribution in [3.05, 3.63) is 65.0 Å². The van der Waals surface area contributed by atoms with Gasteiger partial charge in [0.15, 0.2) is 5.11 Å². The highest BCUT2D eigenvalue weighted by Crippen LogP contribution is 2.18. The van der Waals surface area contributed by atoms with Gasteiger partial charge in [0.1, 0.15) is 5.82 Å². The quantitative estimate of drug-likeness (QED) is 0.629. The lowest BCUT2D eigenvalue weighted by molar-refractivity contribution is 0.624. The largest absolute Gasteiger partial charge is 0.358 e. The number of benzene rings is 1. The minimum Gasteiger partial charge on any atom is -0.358 e. The summed E-state index contributed by atoms with van der Waals surface area (Å²) in [6, 6.07) is 4.32. The Balaban J connectivity index is 1.53. The lowest BCUT2D eigenvalue weighted by Gasteiger charge is -2.07. The molecule has 136 valence electrons. The van der Waals surface area contributed by atoms with Gasteiger partial charge in [-0.25, -0.2) is 4.39 Å². The molecule has 0 atom stereocenters. The second kappa shape index (κ2) is 8.29. The fraction of sp³-hybridized carbons (Fsp3) is 0.235. The Hall–Kier alpha value is -2.45. The average molecular weight is 393 g/mol. The monoisotopic (exact) mass is 392 g/mol. The van der Waals surface area contributed by atoms with Crippen molar-refractivity contribution in [3.63, 3.8) is 0 Å². The summed E-state index contributed by atoms with van der Waals surface area (Å²) >= 11 is 11.3. The van der Waals surface area contributed by atoms with E-state index in [1.165, 1.54) is 12.1 Å². The summed E-state index contributed by atoms with van der Waals surface area (Å²) in [6.45, 7) is 3.90. The molecule has 2 heterocycles. The number of anilines is 1. The number of nitrogens with zero attached hydrogens (tertiary/aromatic N) is 4. The molecule has 0 aliphatic carbocycles. The van der Waals surface area contributed by atoms with Crippen LogP contribution in [0.25, 0.3) is 0 Å². The second-order valence-electron chi connectivity index (χ2n) is 5.67. The molecule has 0 radical (unpaired) electrons. The van der Waals surface area contributed by atoms with Gasteiger partial charge in [-0.05, 0) is 36.8 Å². The van der Waals surface area contributed by atoms with Crippen LogP contribution in [0.5, 0.6) is 0 Å². The van der Waals surface area contributed by atoms with E-state index in [0.29, 0.717) is 23.2 Å². The molecule has 0 saturated heterocycles. The normalized spacial score (nSPS) is 10.7. The van der Waals surface area contributed by atoms with Crippen LogP contribution < -0.4 is 10.6 Å². The van der Waals surface area contributed by atoms with E-state index >= 15 is 0 Å². The molecule has 0 aliphatic heterocycles. The molecule has 0 fully saturated rings. The third kappa shape index (κ3) is 4.80. The highest BCUT2D eigenvalue weighted by molar-refractivity contribution is 7.80. The minimum atomic E-state index is -0.359. The molecule has 0 aliphatic rings. The summed E-state index contributed by atoms with van der Waals surface area (Å²) in [5, 5.41) is 15.6. The number of halogens is 2. The van der Waals surface area contributed by atoms with E-state index in [2.05, 4.69) is 20.8 Å². The molecule has 3 rings (SSSR count). The van der Waals surface area contributed by atoms with Crippen LogP contribution in [0.15, 0.2) is 43.0 Å². The van der Waals surface area contributed by atoms with Crippen molar-refractivity contribution in [3.8, 4) is 0 Å². The topological polar surface area (TPSA) is 59.7 Å². The Labute approximate surface area is 161 Å². The van der Waals surface area contributed by atoms with Gasteiger partial charge >= 0.3 is 0 Å². The molecule has 0 saturated carbocycles. The maximum atomic E-state index is 13.1. The van der Waals surface area contributed by atoms with E-state index in [1.54, 1.807) is 16.9 Å². The summed E-state index contributed by atoms with van der Waals surface area (Å²) < 4.78 is 16.7. The molecule has 9 heteroatoms. The van der Waals surface area contributed by atoms with Crippen LogP contribution in [0, 0.1) is 5.82 Å². The van der Waals surface area contributed by atoms with E-state index in [4.69, 9.17) is 23.8 Å². The fourth-order valence-electron chi connectivity index (χ4n) is 2.37. The van der Waals surface area contributed by atoms with Crippen LogP contribution in [0.2, 0.25) is 5.02 Å². The van der Waals surface area contributed by atoms with Crippen LogP contribution in [-0.2, 0) is 19.6 Å². The first kappa shape index (κ1) is 18.3. The lowest BCUT2D eigenvalue weighted by Crippen LogP contribution is -2.27. The Bertz CT molecular complexity index is 906. The van der Waals surface area contributed by atoms with Crippen molar-refractivity contribution in [2.75, 3.05) is 5.32 Å². The average Bonchev–Trinajstić information content (AvgIpc) is 3.25. The third-order valence-corrected chi connectivity index (χ3v) is 4.30. The maximum absolute atomic E-state index is 13.1. The van der Waals surface area contributed by atoms with Gasteiger partial charge in [-0.3, -0.25) is 9.36 Å². The summed E-state index contributed by atoms with van der Waals surface area (Å²) in [5.41, 5.74) is 2.60. The van der Waals surface area contributed by atoms with Crippen molar-refractivity contribution >= 4 is 34.6 Å². The molecule has 6 nitrogen and oxygen atoms in total. The third-order valence-electron chi connectivity index (χ3n) is 3.70. The van der Waals surface area contributed by atoms with Crippen molar-refractivity contribution < 1.29 is 4.39 Å². The van der Waals surface area contributed by atoms with Gasteiger partial charge in [0.2, 0.25) is 0 Å². The molecule has 2 N–H and O–H groups in total. The standard InChI is InChI=1S/C17H18ClFN6S/c1-2-24-9-12(7-21-24)6-20-17(26)23-15-8-22-25(11-15)10-13-3-4-14(19)5-16(13)18/h3-5,7-9,11H,2,6,10H2,1H3,(H2,20,23,26). The van der Waals surface area contributed by atoms with Gasteiger partial charge < -0.3 is 10.6 Å². The summed E-state index contributed by atoms with van der Waals surface area (Å²) in [5.74, 6) is -0.359.